The first-order valence-electron chi connectivity index (χ1n) is 8.15. The lowest BCUT2D eigenvalue weighted by Gasteiger charge is -2.34. The lowest BCUT2D eigenvalue weighted by molar-refractivity contribution is -0.917. The van der Waals surface area contributed by atoms with E-state index in [2.05, 4.69) is 5.32 Å². The van der Waals surface area contributed by atoms with Gasteiger partial charge >= 0.3 is 6.09 Å². The van der Waals surface area contributed by atoms with Crippen molar-refractivity contribution in [2.75, 3.05) is 38.1 Å². The summed E-state index contributed by atoms with van der Waals surface area (Å²) in [5.74, 6) is 0.00943. The number of ether oxygens (including phenoxy) is 1. The maximum Gasteiger partial charge on any atom is 0.410 e. The molecular weight excluding hydrogens is 294 g/mol. The molecule has 1 aromatic carbocycles. The molecule has 0 aromatic heterocycles. The molecule has 1 fully saturated rings. The number of hydrogen-bond donors (Lipinski definition) is 2. The molecule has 1 heterocycles. The molecular formula is C17H26N3O3+. The van der Waals surface area contributed by atoms with Crippen molar-refractivity contribution >= 4 is 17.7 Å². The fourth-order valence-corrected chi connectivity index (χ4v) is 2.78. The summed E-state index contributed by atoms with van der Waals surface area (Å²) in [6.45, 7) is 8.87. The minimum absolute atomic E-state index is 0.00943. The third-order valence-corrected chi connectivity index (χ3v) is 4.22. The topological polar surface area (TPSA) is 63.1 Å². The van der Waals surface area contributed by atoms with E-state index in [0.717, 1.165) is 24.3 Å². The Labute approximate surface area is 137 Å². The molecule has 0 radical (unpaired) electrons. The van der Waals surface area contributed by atoms with Gasteiger partial charge in [-0.2, -0.15) is 0 Å². The van der Waals surface area contributed by atoms with Crippen LogP contribution >= 0.6 is 0 Å². The van der Waals surface area contributed by atoms with E-state index >= 15 is 0 Å². The van der Waals surface area contributed by atoms with E-state index in [1.807, 2.05) is 38.1 Å². The number of aryl methyl sites for hydroxylation is 1. The summed E-state index contributed by atoms with van der Waals surface area (Å²) < 4.78 is 5.01. The Kier molecular flexibility index (Phi) is 5.98. The van der Waals surface area contributed by atoms with Crippen LogP contribution in [-0.2, 0) is 9.53 Å². The molecule has 0 aliphatic carbocycles. The number of piperazine rings is 1. The van der Waals surface area contributed by atoms with Crippen LogP contribution in [0.4, 0.5) is 10.5 Å². The van der Waals surface area contributed by atoms with Crippen LogP contribution in [0.2, 0.25) is 0 Å². The van der Waals surface area contributed by atoms with E-state index in [4.69, 9.17) is 4.74 Å². The van der Waals surface area contributed by atoms with Crippen molar-refractivity contribution in [1.82, 2.24) is 4.90 Å². The Hall–Kier alpha value is -2.08. The highest BCUT2D eigenvalue weighted by Crippen LogP contribution is 2.09. The number of carbonyl (C=O) groups excluding carboxylic acids is 2. The lowest BCUT2D eigenvalue weighted by Crippen LogP contribution is -3.19. The van der Waals surface area contributed by atoms with Crippen molar-refractivity contribution < 1.29 is 19.2 Å². The van der Waals surface area contributed by atoms with E-state index in [1.165, 1.54) is 4.90 Å². The van der Waals surface area contributed by atoms with E-state index in [9.17, 15) is 9.59 Å². The summed E-state index contributed by atoms with van der Waals surface area (Å²) in [5, 5.41) is 2.97. The van der Waals surface area contributed by atoms with Crippen molar-refractivity contribution in [2.24, 2.45) is 0 Å². The summed E-state index contributed by atoms with van der Waals surface area (Å²) in [7, 11) is 0. The molecule has 1 aromatic rings. The monoisotopic (exact) mass is 320 g/mol. The second-order valence-electron chi connectivity index (χ2n) is 5.92. The summed E-state index contributed by atoms with van der Waals surface area (Å²) in [6.07, 6.45) is -0.261. The van der Waals surface area contributed by atoms with Gasteiger partial charge in [-0.3, -0.25) is 9.69 Å². The van der Waals surface area contributed by atoms with Crippen LogP contribution in [0.15, 0.2) is 24.3 Å². The van der Waals surface area contributed by atoms with E-state index in [-0.39, 0.29) is 18.0 Å². The number of quaternary nitrogens is 1. The summed E-state index contributed by atoms with van der Waals surface area (Å²) >= 11 is 0. The minimum Gasteiger partial charge on any atom is -0.450 e. The fourth-order valence-electron chi connectivity index (χ4n) is 2.78. The molecule has 2 N–H and O–H groups in total. The van der Waals surface area contributed by atoms with Crippen molar-refractivity contribution in [1.29, 1.82) is 0 Å². The third kappa shape index (κ3) is 4.69. The number of anilines is 1. The molecule has 0 spiro atoms. The summed E-state index contributed by atoms with van der Waals surface area (Å²) in [5.41, 5.74) is 1.94. The van der Waals surface area contributed by atoms with E-state index in [1.54, 1.807) is 11.8 Å². The second kappa shape index (κ2) is 7.97. The van der Waals surface area contributed by atoms with Gasteiger partial charge in [0.15, 0.2) is 6.04 Å². The Morgan fingerprint density at radius 3 is 2.65 bits per heavy atom. The van der Waals surface area contributed by atoms with Crippen LogP contribution in [0.3, 0.4) is 0 Å². The molecule has 0 bridgehead atoms. The fraction of sp³-hybridized carbons (Fsp3) is 0.529. The van der Waals surface area contributed by atoms with Crippen molar-refractivity contribution in [2.45, 2.75) is 26.8 Å². The van der Waals surface area contributed by atoms with Gasteiger partial charge in [-0.05, 0) is 38.5 Å². The molecule has 0 unspecified atom stereocenters. The number of benzene rings is 1. The molecule has 1 aliphatic rings. The number of carbonyl (C=O) groups is 2. The first-order chi connectivity index (χ1) is 11.0. The molecule has 2 rings (SSSR count). The molecule has 126 valence electrons. The molecule has 6 heteroatoms. The molecule has 6 nitrogen and oxygen atoms in total. The number of nitrogens with zero attached hydrogens (tertiary/aromatic N) is 1. The van der Waals surface area contributed by atoms with Gasteiger partial charge < -0.3 is 15.0 Å². The van der Waals surface area contributed by atoms with Gasteiger partial charge in [-0.25, -0.2) is 4.79 Å². The first kappa shape index (κ1) is 17.3. The number of nitrogens with one attached hydrogen (secondary N) is 2. The van der Waals surface area contributed by atoms with Gasteiger partial charge in [0.1, 0.15) is 0 Å². The quantitative estimate of drug-likeness (QED) is 0.857. The normalized spacial score (nSPS) is 16.7. The lowest BCUT2D eigenvalue weighted by atomic mass is 10.2. The van der Waals surface area contributed by atoms with Gasteiger partial charge in [0.2, 0.25) is 0 Å². The van der Waals surface area contributed by atoms with E-state index < -0.39 is 0 Å². The number of amides is 2. The Bertz CT molecular complexity index is 554. The molecule has 1 aliphatic heterocycles. The number of hydrogen-bond acceptors (Lipinski definition) is 3. The maximum atomic E-state index is 12.4. The standard InChI is InChI=1S/C17H25N3O3/c1-4-23-17(22)20-10-8-19(9-11-20)14(3)16(21)18-15-7-5-6-13(2)12-15/h5-7,12,14H,4,8-11H2,1-3H3,(H,18,21)/p+1/t14-/m0/s1. The summed E-state index contributed by atoms with van der Waals surface area (Å²) in [4.78, 5) is 27.0. The molecule has 1 saturated heterocycles. The van der Waals surface area contributed by atoms with E-state index in [0.29, 0.717) is 19.7 Å². The Morgan fingerprint density at radius 2 is 2.04 bits per heavy atom. The van der Waals surface area contributed by atoms with Crippen LogP contribution in [0.25, 0.3) is 0 Å². The van der Waals surface area contributed by atoms with Crippen molar-refractivity contribution in [3.8, 4) is 0 Å². The Morgan fingerprint density at radius 1 is 1.35 bits per heavy atom. The minimum atomic E-state index is -0.261. The zero-order valence-corrected chi connectivity index (χ0v) is 14.1. The molecule has 1 atom stereocenters. The van der Waals surface area contributed by atoms with Gasteiger partial charge in [0.25, 0.3) is 5.91 Å². The van der Waals surface area contributed by atoms with Crippen LogP contribution < -0.4 is 10.2 Å². The van der Waals surface area contributed by atoms with Crippen LogP contribution in [0, 0.1) is 6.92 Å². The maximum absolute atomic E-state index is 12.4. The number of rotatable bonds is 4. The average Bonchev–Trinajstić information content (AvgIpc) is 2.54. The van der Waals surface area contributed by atoms with Crippen molar-refractivity contribution in [3.63, 3.8) is 0 Å². The second-order valence-corrected chi connectivity index (χ2v) is 5.92. The molecule has 0 saturated carbocycles. The first-order valence-corrected chi connectivity index (χ1v) is 8.15. The SMILES string of the molecule is CCOC(=O)N1CC[NH+]([C@@H](C)C(=O)Nc2cccc(C)c2)CC1. The Balaban J connectivity index is 1.85. The van der Waals surface area contributed by atoms with Crippen LogP contribution in [-0.4, -0.2) is 55.7 Å². The summed E-state index contributed by atoms with van der Waals surface area (Å²) in [6, 6.07) is 7.63. The highest BCUT2D eigenvalue weighted by Gasteiger charge is 2.31. The molecule has 2 amide bonds. The van der Waals surface area contributed by atoms with Gasteiger partial charge in [-0.1, -0.05) is 12.1 Å². The van der Waals surface area contributed by atoms with Gasteiger partial charge in [-0.15, -0.1) is 0 Å². The van der Waals surface area contributed by atoms with Crippen LogP contribution in [0.5, 0.6) is 0 Å². The third-order valence-electron chi connectivity index (χ3n) is 4.22. The predicted octanol–water partition coefficient (Wildman–Crippen LogP) is 0.679. The smallest absolute Gasteiger partial charge is 0.410 e. The zero-order valence-electron chi connectivity index (χ0n) is 14.1. The highest BCUT2D eigenvalue weighted by molar-refractivity contribution is 5.93. The van der Waals surface area contributed by atoms with Gasteiger partial charge in [0, 0.05) is 5.69 Å². The van der Waals surface area contributed by atoms with Gasteiger partial charge in [0.05, 0.1) is 32.8 Å². The largest absolute Gasteiger partial charge is 0.450 e. The molecule has 23 heavy (non-hydrogen) atoms. The zero-order chi connectivity index (χ0) is 16.8. The van der Waals surface area contributed by atoms with Crippen LogP contribution in [0.1, 0.15) is 19.4 Å². The predicted molar refractivity (Wildman–Crippen MR) is 88.6 cm³/mol. The van der Waals surface area contributed by atoms with Crippen molar-refractivity contribution in [3.05, 3.63) is 29.8 Å². The highest BCUT2D eigenvalue weighted by atomic mass is 16.6. The average molecular weight is 320 g/mol.